The normalized spacial score (nSPS) is 28.5. The molecule has 0 spiro atoms. The van der Waals surface area contributed by atoms with Crippen molar-refractivity contribution in [3.8, 4) is 11.5 Å². The SMILES string of the molecule is CC(=O)[C@@]1(C(=O)O)CNCC[C@H]1[N+]1(CC(C)(C)C)C(=O)COC(c2cccc3c2OCO3)c2cc(Cl)ccc21. The fraction of sp³-hybridized carbons (Fsp3) is 0.483. The van der Waals surface area contributed by atoms with Crippen molar-refractivity contribution in [2.24, 2.45) is 10.8 Å². The van der Waals surface area contributed by atoms with E-state index < -0.39 is 34.7 Å². The molecule has 3 heterocycles. The molecule has 2 aromatic carbocycles. The average Bonchev–Trinajstić information content (AvgIpc) is 3.32. The Morgan fingerprint density at radius 2 is 1.95 bits per heavy atom. The van der Waals surface area contributed by atoms with Gasteiger partial charge in [0.05, 0.1) is 6.54 Å². The Balaban J connectivity index is 1.82. The molecule has 4 atom stereocenters. The highest BCUT2D eigenvalue weighted by Crippen LogP contribution is 2.51. The summed E-state index contributed by atoms with van der Waals surface area (Å²) in [5.74, 6) is -0.933. The fourth-order valence-corrected chi connectivity index (χ4v) is 6.78. The number of carbonyl (C=O) groups excluding carboxylic acids is 2. The van der Waals surface area contributed by atoms with E-state index in [1.807, 2.05) is 32.9 Å². The maximum absolute atomic E-state index is 14.5. The Labute approximate surface area is 232 Å². The Kier molecular flexibility index (Phi) is 6.99. The van der Waals surface area contributed by atoms with Gasteiger partial charge in [0.2, 0.25) is 6.79 Å². The number of ketones is 1. The molecule has 0 saturated carbocycles. The lowest BCUT2D eigenvalue weighted by molar-refractivity contribution is -0.164. The van der Waals surface area contributed by atoms with E-state index in [-0.39, 0.29) is 36.9 Å². The van der Waals surface area contributed by atoms with Crippen molar-refractivity contribution in [3.05, 3.63) is 52.5 Å². The topological polar surface area (TPSA) is 111 Å². The Morgan fingerprint density at radius 3 is 2.64 bits per heavy atom. The number of hydrogen-bond donors (Lipinski definition) is 2. The van der Waals surface area contributed by atoms with Crippen molar-refractivity contribution in [2.45, 2.75) is 46.3 Å². The Morgan fingerprint density at radius 1 is 1.18 bits per heavy atom. The van der Waals surface area contributed by atoms with Crippen LogP contribution in [0.5, 0.6) is 11.5 Å². The number of carboxylic acid groups (broad SMARTS) is 1. The number of nitrogens with one attached hydrogen (secondary N) is 1. The number of quaternary nitrogens is 1. The molecule has 9 nitrogen and oxygen atoms in total. The number of rotatable bonds is 5. The molecule has 0 aliphatic carbocycles. The van der Waals surface area contributed by atoms with E-state index in [1.165, 1.54) is 6.92 Å². The van der Waals surface area contributed by atoms with Crippen LogP contribution in [0.1, 0.15) is 51.3 Å². The number of hydrogen-bond acceptors (Lipinski definition) is 7. The third-order valence-electron chi connectivity index (χ3n) is 8.06. The third-order valence-corrected chi connectivity index (χ3v) is 8.30. The zero-order valence-electron chi connectivity index (χ0n) is 22.6. The van der Waals surface area contributed by atoms with Crippen molar-refractivity contribution in [1.29, 1.82) is 0 Å². The maximum atomic E-state index is 14.5. The van der Waals surface area contributed by atoms with Gasteiger partial charge in [0, 0.05) is 47.1 Å². The highest BCUT2D eigenvalue weighted by molar-refractivity contribution is 6.30. The van der Waals surface area contributed by atoms with Gasteiger partial charge in [-0.3, -0.25) is 9.59 Å². The number of para-hydroxylation sites is 1. The summed E-state index contributed by atoms with van der Waals surface area (Å²) in [5.41, 5.74) is -0.358. The Bertz CT molecular complexity index is 1320. The van der Waals surface area contributed by atoms with E-state index in [1.54, 1.807) is 24.3 Å². The molecule has 0 aromatic heterocycles. The quantitative estimate of drug-likeness (QED) is 0.418. The summed E-state index contributed by atoms with van der Waals surface area (Å²) in [6.45, 7) is 7.75. The molecular weight excluding hydrogens is 524 g/mol. The Hall–Kier alpha value is -2.98. The summed E-state index contributed by atoms with van der Waals surface area (Å²) in [4.78, 5) is 40.8. The fourth-order valence-electron chi connectivity index (χ4n) is 6.60. The number of Topliss-reactive ketones (excluding diaryl/α,β-unsaturated/α-hetero) is 1. The molecule has 0 bridgehead atoms. The molecule has 10 heteroatoms. The first-order valence-corrected chi connectivity index (χ1v) is 13.5. The first kappa shape index (κ1) is 27.6. The highest BCUT2D eigenvalue weighted by Gasteiger charge is 2.65. The van der Waals surface area contributed by atoms with Crippen LogP contribution in [0.2, 0.25) is 5.02 Å². The smallest absolute Gasteiger partial charge is 0.344 e. The molecule has 2 N–H and O–H groups in total. The molecule has 208 valence electrons. The van der Waals surface area contributed by atoms with E-state index in [4.69, 9.17) is 25.8 Å². The first-order valence-electron chi connectivity index (χ1n) is 13.1. The van der Waals surface area contributed by atoms with Crippen LogP contribution in [0.25, 0.3) is 0 Å². The number of aliphatic carboxylic acids is 1. The lowest BCUT2D eigenvalue weighted by atomic mass is 9.70. The summed E-state index contributed by atoms with van der Waals surface area (Å²) in [6.07, 6.45) is -0.435. The third kappa shape index (κ3) is 4.41. The van der Waals surface area contributed by atoms with Crippen LogP contribution in [0.4, 0.5) is 5.69 Å². The van der Waals surface area contributed by atoms with Crippen molar-refractivity contribution in [3.63, 3.8) is 0 Å². The molecule has 3 aliphatic rings. The van der Waals surface area contributed by atoms with Crippen LogP contribution in [-0.2, 0) is 19.1 Å². The second kappa shape index (κ2) is 9.89. The molecule has 5 rings (SSSR count). The monoisotopic (exact) mass is 557 g/mol. The zero-order chi connectivity index (χ0) is 28.2. The predicted molar refractivity (Wildman–Crippen MR) is 145 cm³/mol. The van der Waals surface area contributed by atoms with E-state index in [0.29, 0.717) is 46.3 Å². The summed E-state index contributed by atoms with van der Waals surface area (Å²) in [5, 5.41) is 14.1. The van der Waals surface area contributed by atoms with Gasteiger partial charge in [-0.25, -0.2) is 9.28 Å². The van der Waals surface area contributed by atoms with Crippen LogP contribution in [0.3, 0.4) is 0 Å². The largest absolute Gasteiger partial charge is 0.480 e. The van der Waals surface area contributed by atoms with E-state index in [9.17, 15) is 19.5 Å². The number of ether oxygens (including phenoxy) is 3. The number of halogens is 1. The van der Waals surface area contributed by atoms with E-state index in [0.717, 1.165) is 0 Å². The van der Waals surface area contributed by atoms with Crippen molar-refractivity contribution < 1.29 is 33.7 Å². The minimum Gasteiger partial charge on any atom is -0.480 e. The number of benzene rings is 2. The minimum atomic E-state index is -1.82. The van der Waals surface area contributed by atoms with Crippen LogP contribution < -0.4 is 19.3 Å². The van der Waals surface area contributed by atoms with E-state index in [2.05, 4.69) is 5.32 Å². The van der Waals surface area contributed by atoms with Gasteiger partial charge in [-0.05, 0) is 25.1 Å². The molecular formula is C29H34ClN2O7+. The van der Waals surface area contributed by atoms with Crippen molar-refractivity contribution >= 4 is 34.9 Å². The summed E-state index contributed by atoms with van der Waals surface area (Å²) >= 11 is 6.54. The number of nitrogens with zero attached hydrogens (tertiary/aromatic N) is 1. The van der Waals surface area contributed by atoms with E-state index >= 15 is 0 Å². The summed E-state index contributed by atoms with van der Waals surface area (Å²) in [7, 11) is 0. The summed E-state index contributed by atoms with van der Waals surface area (Å²) < 4.78 is 17.4. The zero-order valence-corrected chi connectivity index (χ0v) is 23.3. The van der Waals surface area contributed by atoms with Crippen LogP contribution >= 0.6 is 11.6 Å². The molecule has 2 unspecified atom stereocenters. The van der Waals surface area contributed by atoms with Crippen LogP contribution in [0, 0.1) is 10.8 Å². The molecule has 1 amide bonds. The predicted octanol–water partition coefficient (Wildman–Crippen LogP) is 4.09. The molecule has 3 aliphatic heterocycles. The van der Waals surface area contributed by atoms with Crippen molar-refractivity contribution in [1.82, 2.24) is 9.80 Å². The van der Waals surface area contributed by atoms with Gasteiger partial charge in [-0.2, -0.15) is 0 Å². The average molecular weight is 558 g/mol. The number of carboxylic acids is 1. The summed E-state index contributed by atoms with van der Waals surface area (Å²) in [6, 6.07) is 9.88. The standard InChI is InChI=1S/C29H33ClN2O7/c1-17(33)29(27(35)36)14-31-11-10-23(29)32(15-28(2,3)4)21-9-8-18(30)12-20(21)25(37-13-24(32)34)19-6-5-7-22-26(19)39-16-38-22/h5-9,12,23,25,31H,10-11,13-16H2,1-4H3/p+1/t23-,25?,29+,32?/m1/s1. The molecule has 39 heavy (non-hydrogen) atoms. The molecule has 2 aromatic rings. The van der Waals surface area contributed by atoms with Crippen LogP contribution in [-0.4, -0.2) is 61.8 Å². The second-order valence-electron chi connectivity index (χ2n) is 11.8. The molecule has 1 fully saturated rings. The highest BCUT2D eigenvalue weighted by atomic mass is 35.5. The molecule has 0 radical (unpaired) electrons. The number of amides is 1. The van der Waals surface area contributed by atoms with Gasteiger partial charge in [0.25, 0.3) is 0 Å². The lowest BCUT2D eigenvalue weighted by Crippen LogP contribution is -2.75. The van der Waals surface area contributed by atoms with Gasteiger partial charge >= 0.3 is 11.9 Å². The maximum Gasteiger partial charge on any atom is 0.344 e. The number of carbonyl (C=O) groups is 3. The van der Waals surface area contributed by atoms with Crippen molar-refractivity contribution in [2.75, 3.05) is 33.0 Å². The number of piperidine rings is 1. The second-order valence-corrected chi connectivity index (χ2v) is 12.2. The van der Waals surface area contributed by atoms with Gasteiger partial charge in [-0.1, -0.05) is 44.5 Å². The molecule has 1 saturated heterocycles. The lowest BCUT2D eigenvalue weighted by Gasteiger charge is -2.51. The minimum absolute atomic E-state index is 0.0651. The number of fused-ring (bicyclic) bond motifs is 2. The van der Waals surface area contributed by atoms with Gasteiger partial charge in [0.15, 0.2) is 29.3 Å². The first-order chi connectivity index (χ1) is 18.4. The van der Waals surface area contributed by atoms with Gasteiger partial charge < -0.3 is 24.6 Å². The van der Waals surface area contributed by atoms with Gasteiger partial charge in [0.1, 0.15) is 17.8 Å². The van der Waals surface area contributed by atoms with Gasteiger partial charge in [-0.15, -0.1) is 0 Å². The van der Waals surface area contributed by atoms with Crippen LogP contribution in [0.15, 0.2) is 36.4 Å².